The normalized spacial score (nSPS) is 11.1. The smallest absolute Gasteiger partial charge is 0.347 e. The first-order chi connectivity index (χ1) is 19.4. The molecule has 5 rings (SSSR count). The molecule has 0 bridgehead atoms. The Hall–Kier alpha value is -3.86. The third-order valence-electron chi connectivity index (χ3n) is 6.03. The van der Waals surface area contributed by atoms with Crippen LogP contribution in [0.25, 0.3) is 22.0 Å². The number of esters is 1. The van der Waals surface area contributed by atoms with Crippen LogP contribution in [0.3, 0.4) is 0 Å². The molecular weight excluding hydrogens is 664 g/mol. The molecule has 0 saturated heterocycles. The Morgan fingerprint density at radius 1 is 0.950 bits per heavy atom. The average molecular weight is 684 g/mol. The van der Waals surface area contributed by atoms with Crippen LogP contribution in [0.5, 0.6) is 11.5 Å². The number of hydrogen-bond donors (Lipinski definition) is 2. The Morgan fingerprint density at radius 2 is 1.73 bits per heavy atom. The summed E-state index contributed by atoms with van der Waals surface area (Å²) in [5.41, 5.74) is 5.75. The first kappa shape index (κ1) is 27.7. The number of ether oxygens (including phenoxy) is 2. The second kappa shape index (κ2) is 12.1. The van der Waals surface area contributed by atoms with E-state index in [1.165, 1.54) is 19.4 Å². The lowest BCUT2D eigenvalue weighted by Crippen LogP contribution is -2.19. The maximum Gasteiger partial charge on any atom is 0.347 e. The highest BCUT2D eigenvalue weighted by molar-refractivity contribution is 14.1. The zero-order valence-electron chi connectivity index (χ0n) is 20.9. The summed E-state index contributed by atoms with van der Waals surface area (Å²) in [6, 6.07) is 24.6. The number of aromatic nitrogens is 1. The van der Waals surface area contributed by atoms with Gasteiger partial charge in [0, 0.05) is 35.7 Å². The number of H-pyrrole nitrogens is 1. The van der Waals surface area contributed by atoms with Crippen molar-refractivity contribution < 1.29 is 19.1 Å². The van der Waals surface area contributed by atoms with Crippen LogP contribution in [-0.4, -0.2) is 30.2 Å². The molecule has 0 unspecified atom stereocenters. The SMILES string of the molecule is COc1ccc(Cl)cc1C(=O)Oc1ccccc1C=NNC(=O)c1[nH]c2c(I)cccc2c1-c1ccccc1Cl. The zero-order chi connectivity index (χ0) is 28.2. The molecule has 0 aliphatic rings. The van der Waals surface area contributed by atoms with Crippen LogP contribution in [0, 0.1) is 3.57 Å². The number of hydrazone groups is 1. The minimum atomic E-state index is -0.652. The van der Waals surface area contributed by atoms with E-state index in [9.17, 15) is 9.59 Å². The van der Waals surface area contributed by atoms with Gasteiger partial charge in [-0.15, -0.1) is 0 Å². The van der Waals surface area contributed by atoms with Crippen molar-refractivity contribution >= 4 is 74.8 Å². The fourth-order valence-corrected chi connectivity index (χ4v) is 5.22. The van der Waals surface area contributed by atoms with Crippen LogP contribution < -0.4 is 14.9 Å². The summed E-state index contributed by atoms with van der Waals surface area (Å²) in [6.45, 7) is 0. The van der Waals surface area contributed by atoms with E-state index < -0.39 is 11.9 Å². The van der Waals surface area contributed by atoms with E-state index in [0.29, 0.717) is 32.6 Å². The van der Waals surface area contributed by atoms with Gasteiger partial charge in [-0.25, -0.2) is 10.2 Å². The van der Waals surface area contributed by atoms with E-state index in [2.05, 4.69) is 38.1 Å². The molecule has 4 aromatic carbocycles. The number of carbonyl (C=O) groups excluding carboxylic acids is 2. The Labute approximate surface area is 253 Å². The van der Waals surface area contributed by atoms with Gasteiger partial charge in [0.05, 0.1) is 18.8 Å². The number of para-hydroxylation sites is 2. The van der Waals surface area contributed by atoms with Crippen molar-refractivity contribution in [3.8, 4) is 22.6 Å². The number of rotatable bonds is 7. The molecule has 0 atom stereocenters. The quantitative estimate of drug-likeness (QED) is 0.0604. The van der Waals surface area contributed by atoms with Crippen LogP contribution in [-0.2, 0) is 0 Å². The Bertz CT molecular complexity index is 1780. The van der Waals surface area contributed by atoms with E-state index in [-0.39, 0.29) is 11.3 Å². The number of methoxy groups -OCH3 is 1. The molecule has 0 aliphatic heterocycles. The van der Waals surface area contributed by atoms with E-state index in [1.54, 1.807) is 42.5 Å². The minimum absolute atomic E-state index is 0.176. The average Bonchev–Trinajstić information content (AvgIpc) is 3.35. The van der Waals surface area contributed by atoms with Crippen molar-refractivity contribution in [3.63, 3.8) is 0 Å². The molecular formula is C30H20Cl2IN3O4. The lowest BCUT2D eigenvalue weighted by atomic mass is 10.0. The molecule has 1 amide bonds. The summed E-state index contributed by atoms with van der Waals surface area (Å²) in [5, 5.41) is 5.89. The molecule has 0 aliphatic carbocycles. The number of amides is 1. The van der Waals surface area contributed by atoms with Gasteiger partial charge in [0.2, 0.25) is 0 Å². The monoisotopic (exact) mass is 683 g/mol. The van der Waals surface area contributed by atoms with E-state index in [4.69, 9.17) is 32.7 Å². The Morgan fingerprint density at radius 3 is 2.52 bits per heavy atom. The standard InChI is InChI=1S/C30H20Cl2IN3O4/c1-39-25-14-13-18(31)15-21(25)30(38)40-24-12-5-2-7-17(24)16-34-36-29(37)28-26(19-8-3-4-10-22(19)32)20-9-6-11-23(33)27(20)35-28/h2-16,35H,1H3,(H,36,37). The number of aromatic amines is 1. The second-order valence-corrected chi connectivity index (χ2v) is 10.5. The number of fused-ring (bicyclic) bond motifs is 1. The highest BCUT2D eigenvalue weighted by atomic mass is 127. The van der Waals surface area contributed by atoms with Gasteiger partial charge in [0.15, 0.2) is 0 Å². The third kappa shape index (κ3) is 5.70. The lowest BCUT2D eigenvalue weighted by molar-refractivity contribution is 0.0730. The molecule has 0 fully saturated rings. The van der Waals surface area contributed by atoms with E-state index in [0.717, 1.165) is 20.0 Å². The molecule has 7 nitrogen and oxygen atoms in total. The molecule has 40 heavy (non-hydrogen) atoms. The van der Waals surface area contributed by atoms with Gasteiger partial charge in [-0.1, -0.05) is 65.7 Å². The van der Waals surface area contributed by atoms with Gasteiger partial charge in [-0.05, 0) is 65.1 Å². The van der Waals surface area contributed by atoms with Crippen LogP contribution in [0.1, 0.15) is 26.4 Å². The van der Waals surface area contributed by atoms with Crippen LogP contribution in [0.2, 0.25) is 10.0 Å². The van der Waals surface area contributed by atoms with Crippen molar-refractivity contribution in [3.05, 3.63) is 115 Å². The van der Waals surface area contributed by atoms with Crippen LogP contribution in [0.15, 0.2) is 90.0 Å². The number of carbonyl (C=O) groups is 2. The fourth-order valence-electron chi connectivity index (χ4n) is 4.19. The summed E-state index contributed by atoms with van der Waals surface area (Å²) in [4.78, 5) is 29.5. The number of halogens is 3. The number of benzene rings is 4. The number of hydrogen-bond acceptors (Lipinski definition) is 5. The molecule has 0 saturated carbocycles. The summed E-state index contributed by atoms with van der Waals surface area (Å²) in [5.74, 6) is -0.544. The van der Waals surface area contributed by atoms with Crippen molar-refractivity contribution in [1.82, 2.24) is 10.4 Å². The molecule has 1 aromatic heterocycles. The topological polar surface area (TPSA) is 92.8 Å². The summed E-state index contributed by atoms with van der Waals surface area (Å²) in [6.07, 6.45) is 1.40. The highest BCUT2D eigenvalue weighted by Gasteiger charge is 2.22. The van der Waals surface area contributed by atoms with Crippen molar-refractivity contribution in [2.45, 2.75) is 0 Å². The third-order valence-corrected chi connectivity index (χ3v) is 7.49. The summed E-state index contributed by atoms with van der Waals surface area (Å²) >= 11 is 14.8. The van der Waals surface area contributed by atoms with Gasteiger partial charge in [0.1, 0.15) is 22.8 Å². The lowest BCUT2D eigenvalue weighted by Gasteiger charge is -2.10. The Kier molecular flexibility index (Phi) is 8.39. The van der Waals surface area contributed by atoms with Crippen molar-refractivity contribution in [2.75, 3.05) is 7.11 Å². The van der Waals surface area contributed by atoms with Gasteiger partial charge in [-0.2, -0.15) is 5.10 Å². The number of nitrogens with zero attached hydrogens (tertiary/aromatic N) is 1. The second-order valence-electron chi connectivity index (χ2n) is 8.49. The maximum atomic E-state index is 13.4. The van der Waals surface area contributed by atoms with Crippen molar-refractivity contribution in [2.24, 2.45) is 5.10 Å². The molecule has 0 radical (unpaired) electrons. The largest absolute Gasteiger partial charge is 0.496 e. The first-order valence-corrected chi connectivity index (χ1v) is 13.7. The fraction of sp³-hybridized carbons (Fsp3) is 0.0333. The van der Waals surface area contributed by atoms with Gasteiger partial charge < -0.3 is 14.5 Å². The van der Waals surface area contributed by atoms with Crippen LogP contribution in [0.4, 0.5) is 0 Å². The zero-order valence-corrected chi connectivity index (χ0v) is 24.5. The number of nitrogens with one attached hydrogen (secondary N) is 2. The van der Waals surface area contributed by atoms with Gasteiger partial charge in [-0.3, -0.25) is 4.79 Å². The summed E-state index contributed by atoms with van der Waals surface area (Å²) < 4.78 is 11.8. The molecule has 1 heterocycles. The molecule has 2 N–H and O–H groups in total. The highest BCUT2D eigenvalue weighted by Crippen LogP contribution is 2.38. The van der Waals surface area contributed by atoms with Crippen LogP contribution >= 0.6 is 45.8 Å². The first-order valence-electron chi connectivity index (χ1n) is 11.9. The van der Waals surface area contributed by atoms with E-state index >= 15 is 0 Å². The maximum absolute atomic E-state index is 13.4. The molecule has 5 aromatic rings. The Balaban J connectivity index is 1.42. The summed E-state index contributed by atoms with van der Waals surface area (Å²) in [7, 11) is 1.45. The molecule has 0 spiro atoms. The molecule has 200 valence electrons. The predicted molar refractivity (Wildman–Crippen MR) is 166 cm³/mol. The van der Waals surface area contributed by atoms with E-state index in [1.807, 2.05) is 36.4 Å². The van der Waals surface area contributed by atoms with Gasteiger partial charge in [0.25, 0.3) is 5.91 Å². The van der Waals surface area contributed by atoms with Crippen molar-refractivity contribution in [1.29, 1.82) is 0 Å². The minimum Gasteiger partial charge on any atom is -0.496 e. The van der Waals surface area contributed by atoms with Gasteiger partial charge >= 0.3 is 5.97 Å². The molecule has 10 heteroatoms. The predicted octanol–water partition coefficient (Wildman–Crippen LogP) is 7.74.